The molecule has 0 saturated heterocycles. The van der Waals surface area contributed by atoms with E-state index in [1.165, 1.54) is 14.2 Å². The van der Waals surface area contributed by atoms with E-state index in [2.05, 4.69) is 10.5 Å². The van der Waals surface area contributed by atoms with E-state index in [0.717, 1.165) is 16.5 Å². The van der Waals surface area contributed by atoms with Gasteiger partial charge in [0.1, 0.15) is 5.57 Å². The second kappa shape index (κ2) is 7.84. The smallest absolute Gasteiger partial charge is 0.345 e. The van der Waals surface area contributed by atoms with E-state index in [-0.39, 0.29) is 5.57 Å². The maximum atomic E-state index is 12.6. The van der Waals surface area contributed by atoms with Crippen LogP contribution in [-0.2, 0) is 23.9 Å². The molecule has 8 heteroatoms. The largest absolute Gasteiger partial charge is 0.465 e. The number of rotatable bonds is 5. The number of fused-ring (bicyclic) bond motifs is 1. The number of hydroxylamine groups is 1. The molecule has 1 aromatic heterocycles. The molecule has 1 amide bonds. The molecule has 0 aliphatic carbocycles. The second-order valence-electron chi connectivity index (χ2n) is 6.60. The number of methoxy groups -OCH3 is 1. The number of carbonyl (C=O) groups excluding carboxylic acids is 3. The third-order valence-corrected chi connectivity index (χ3v) is 4.82. The van der Waals surface area contributed by atoms with Crippen LogP contribution < -0.4 is 5.48 Å². The topological polar surface area (TPSA) is 107 Å². The van der Waals surface area contributed by atoms with Gasteiger partial charge in [-0.05, 0) is 29.8 Å². The van der Waals surface area contributed by atoms with Gasteiger partial charge in [-0.3, -0.25) is 9.63 Å². The average Bonchev–Trinajstić information content (AvgIpc) is 3.33. The molecule has 1 aliphatic heterocycles. The van der Waals surface area contributed by atoms with Crippen molar-refractivity contribution in [3.8, 4) is 0 Å². The molecule has 0 fully saturated rings. The normalized spacial score (nSPS) is 15.9. The predicted molar refractivity (Wildman–Crippen MR) is 107 cm³/mol. The van der Waals surface area contributed by atoms with Gasteiger partial charge in [0.25, 0.3) is 5.91 Å². The SMILES string of the molecule is CONC(=O)C1=C(c2cc3cc(C(=O)OC)ccc3[nH]2)C(c2ccccc2)OC1=O. The van der Waals surface area contributed by atoms with Gasteiger partial charge in [0.2, 0.25) is 0 Å². The van der Waals surface area contributed by atoms with Gasteiger partial charge >= 0.3 is 11.9 Å². The van der Waals surface area contributed by atoms with Crippen molar-refractivity contribution in [1.29, 1.82) is 0 Å². The molecule has 0 spiro atoms. The van der Waals surface area contributed by atoms with Crippen molar-refractivity contribution in [3.05, 3.63) is 77.0 Å². The summed E-state index contributed by atoms with van der Waals surface area (Å²) in [6.45, 7) is 0. The van der Waals surface area contributed by atoms with Gasteiger partial charge in [0.05, 0.1) is 19.8 Å². The summed E-state index contributed by atoms with van der Waals surface area (Å²) in [5.41, 5.74) is 4.77. The molecule has 3 aromatic rings. The number of carbonyl (C=O) groups is 3. The Hall–Kier alpha value is -3.91. The second-order valence-corrected chi connectivity index (χ2v) is 6.60. The van der Waals surface area contributed by atoms with Crippen LogP contribution in [0.1, 0.15) is 27.7 Å². The van der Waals surface area contributed by atoms with E-state index >= 15 is 0 Å². The minimum atomic E-state index is -0.774. The third-order valence-electron chi connectivity index (χ3n) is 4.82. The minimum Gasteiger partial charge on any atom is -0.465 e. The summed E-state index contributed by atoms with van der Waals surface area (Å²) in [4.78, 5) is 44.9. The van der Waals surface area contributed by atoms with Gasteiger partial charge in [-0.15, -0.1) is 0 Å². The Bertz CT molecular complexity index is 1180. The molecule has 1 atom stereocenters. The Labute approximate surface area is 171 Å². The first-order valence-corrected chi connectivity index (χ1v) is 9.08. The summed E-state index contributed by atoms with van der Waals surface area (Å²) >= 11 is 0. The molecule has 8 nitrogen and oxygen atoms in total. The monoisotopic (exact) mass is 406 g/mol. The van der Waals surface area contributed by atoms with E-state index in [4.69, 9.17) is 14.3 Å². The highest BCUT2D eigenvalue weighted by Gasteiger charge is 2.40. The fraction of sp³-hybridized carbons (Fsp3) is 0.136. The van der Waals surface area contributed by atoms with Gasteiger partial charge in [0, 0.05) is 22.2 Å². The van der Waals surface area contributed by atoms with Crippen LogP contribution in [0.3, 0.4) is 0 Å². The van der Waals surface area contributed by atoms with E-state index in [9.17, 15) is 14.4 Å². The minimum absolute atomic E-state index is 0.148. The van der Waals surface area contributed by atoms with Crippen LogP contribution in [0.25, 0.3) is 16.5 Å². The maximum Gasteiger partial charge on any atom is 0.345 e. The lowest BCUT2D eigenvalue weighted by atomic mass is 9.96. The lowest BCUT2D eigenvalue weighted by Gasteiger charge is -2.13. The molecule has 30 heavy (non-hydrogen) atoms. The summed E-state index contributed by atoms with van der Waals surface area (Å²) in [5.74, 6) is -1.91. The Kier molecular flexibility index (Phi) is 5.07. The number of ether oxygens (including phenoxy) is 2. The molecule has 2 N–H and O–H groups in total. The van der Waals surface area contributed by atoms with Crippen molar-refractivity contribution in [2.45, 2.75) is 6.10 Å². The number of nitrogens with one attached hydrogen (secondary N) is 2. The molecule has 1 aliphatic rings. The Morgan fingerprint density at radius 2 is 1.83 bits per heavy atom. The van der Waals surface area contributed by atoms with Crippen LogP contribution in [0.5, 0.6) is 0 Å². The molecule has 1 unspecified atom stereocenters. The number of aromatic amines is 1. The lowest BCUT2D eigenvalue weighted by molar-refractivity contribution is -0.142. The van der Waals surface area contributed by atoms with Crippen molar-refractivity contribution in [2.24, 2.45) is 0 Å². The van der Waals surface area contributed by atoms with Crippen LogP contribution >= 0.6 is 0 Å². The Morgan fingerprint density at radius 1 is 1.07 bits per heavy atom. The van der Waals surface area contributed by atoms with Crippen LogP contribution in [0.4, 0.5) is 0 Å². The Morgan fingerprint density at radius 3 is 2.53 bits per heavy atom. The first kappa shape index (κ1) is 19.4. The van der Waals surface area contributed by atoms with Crippen LogP contribution in [0, 0.1) is 0 Å². The van der Waals surface area contributed by atoms with Crippen LogP contribution in [0.2, 0.25) is 0 Å². The van der Waals surface area contributed by atoms with Gasteiger partial charge in [0.15, 0.2) is 6.10 Å². The number of benzene rings is 2. The average molecular weight is 406 g/mol. The zero-order valence-corrected chi connectivity index (χ0v) is 16.2. The third kappa shape index (κ3) is 3.33. The molecule has 2 heterocycles. The number of hydrogen-bond donors (Lipinski definition) is 2. The van der Waals surface area contributed by atoms with Crippen molar-refractivity contribution in [2.75, 3.05) is 14.2 Å². The summed E-state index contributed by atoms with van der Waals surface area (Å²) in [6, 6.07) is 15.9. The zero-order chi connectivity index (χ0) is 21.3. The van der Waals surface area contributed by atoms with E-state index in [0.29, 0.717) is 16.8 Å². The van der Waals surface area contributed by atoms with Gasteiger partial charge in [-0.1, -0.05) is 30.3 Å². The highest BCUT2D eigenvalue weighted by Crippen LogP contribution is 2.42. The molecule has 152 valence electrons. The fourth-order valence-electron chi connectivity index (χ4n) is 3.49. The molecule has 0 bridgehead atoms. The number of hydrogen-bond acceptors (Lipinski definition) is 6. The molecule has 4 rings (SSSR count). The highest BCUT2D eigenvalue weighted by atomic mass is 16.6. The Balaban J connectivity index is 1.88. The van der Waals surface area contributed by atoms with Crippen molar-refractivity contribution >= 4 is 34.3 Å². The van der Waals surface area contributed by atoms with Gasteiger partial charge < -0.3 is 14.5 Å². The maximum absolute atomic E-state index is 12.6. The van der Waals surface area contributed by atoms with Crippen molar-refractivity contribution in [1.82, 2.24) is 10.5 Å². The summed E-state index contributed by atoms with van der Waals surface area (Å²) < 4.78 is 10.3. The van der Waals surface area contributed by atoms with Crippen molar-refractivity contribution < 1.29 is 28.7 Å². The van der Waals surface area contributed by atoms with Crippen molar-refractivity contribution in [3.63, 3.8) is 0 Å². The number of H-pyrrole nitrogens is 1. The first-order chi connectivity index (χ1) is 14.5. The number of cyclic esters (lactones) is 1. The van der Waals surface area contributed by atoms with Crippen LogP contribution in [0.15, 0.2) is 60.2 Å². The van der Waals surface area contributed by atoms with E-state index in [1.807, 2.05) is 30.3 Å². The summed E-state index contributed by atoms with van der Waals surface area (Å²) in [6.07, 6.45) is -0.774. The number of esters is 2. The van der Waals surface area contributed by atoms with Gasteiger partial charge in [-0.2, -0.15) is 0 Å². The molecular formula is C22H18N2O6. The molecule has 0 radical (unpaired) electrons. The van der Waals surface area contributed by atoms with Crippen LogP contribution in [-0.4, -0.2) is 37.0 Å². The standard InChI is InChI=1S/C22H18N2O6/c1-28-21(26)13-8-9-15-14(10-13)11-16(23-15)17-18(20(25)24-29-2)22(27)30-19(17)12-6-4-3-5-7-12/h3-11,19,23H,1-2H3,(H,24,25). The van der Waals surface area contributed by atoms with Gasteiger partial charge in [-0.25, -0.2) is 15.1 Å². The number of amides is 1. The molecule has 0 saturated carbocycles. The summed E-state index contributed by atoms with van der Waals surface area (Å²) in [7, 11) is 2.59. The summed E-state index contributed by atoms with van der Waals surface area (Å²) in [5, 5.41) is 0.720. The van der Waals surface area contributed by atoms with E-state index < -0.39 is 23.9 Å². The van der Waals surface area contributed by atoms with E-state index in [1.54, 1.807) is 24.3 Å². The first-order valence-electron chi connectivity index (χ1n) is 9.08. The molecular weight excluding hydrogens is 388 g/mol. The fourth-order valence-corrected chi connectivity index (χ4v) is 3.49. The quantitative estimate of drug-likeness (QED) is 0.383. The predicted octanol–water partition coefficient (Wildman–Crippen LogP) is 2.68. The zero-order valence-electron chi connectivity index (χ0n) is 16.2. The number of aromatic nitrogens is 1. The molecule has 2 aromatic carbocycles. The lowest BCUT2D eigenvalue weighted by Crippen LogP contribution is -2.26. The highest BCUT2D eigenvalue weighted by molar-refractivity contribution is 6.24.